The van der Waals surface area contributed by atoms with Crippen molar-refractivity contribution in [3.05, 3.63) is 78.3 Å². The van der Waals surface area contributed by atoms with Gasteiger partial charge in [-0.15, -0.1) is 0 Å². The fraction of sp³-hybridized carbons (Fsp3) is 0.190. The van der Waals surface area contributed by atoms with Gasteiger partial charge in [-0.3, -0.25) is 4.79 Å². The first-order valence-electron chi connectivity index (χ1n) is 8.84. The maximum atomic E-state index is 12.7. The number of hydrogen-bond donors (Lipinski definition) is 2. The summed E-state index contributed by atoms with van der Waals surface area (Å²) in [5.74, 6) is 2.04. The number of rotatable bonds is 6. The number of furan rings is 1. The van der Waals surface area contributed by atoms with Gasteiger partial charge < -0.3 is 24.5 Å². The zero-order valence-corrected chi connectivity index (χ0v) is 14.9. The summed E-state index contributed by atoms with van der Waals surface area (Å²) in [4.78, 5) is 12.7. The van der Waals surface area contributed by atoms with Gasteiger partial charge in [-0.1, -0.05) is 30.3 Å². The number of fused-ring (bicyclic) bond motifs is 1. The summed E-state index contributed by atoms with van der Waals surface area (Å²) in [6.45, 7) is 2.08. The highest BCUT2D eigenvalue weighted by molar-refractivity contribution is 5.93. The van der Waals surface area contributed by atoms with Crippen LogP contribution in [-0.2, 0) is 4.79 Å². The van der Waals surface area contributed by atoms with E-state index in [9.17, 15) is 4.79 Å². The summed E-state index contributed by atoms with van der Waals surface area (Å²) in [5, 5.41) is 4.93. The standard InChI is InChI=1S/C21H20N2O4/c1-14(21(24)23-16-9-10-17-19(12-16)27-13-26-17)22-20(18-8-5-11-25-18)15-6-3-2-4-7-15/h2-12,14,20,22H,13H2,1H3,(H,23,24)/p+1/t14-,20+/m0/s1. The molecule has 0 saturated heterocycles. The molecule has 3 N–H and O–H groups in total. The lowest BCUT2D eigenvalue weighted by atomic mass is 10.0. The van der Waals surface area contributed by atoms with Crippen molar-refractivity contribution in [2.45, 2.75) is 19.0 Å². The van der Waals surface area contributed by atoms with Crippen LogP contribution in [0.25, 0.3) is 0 Å². The number of quaternary nitrogens is 1. The lowest BCUT2D eigenvalue weighted by molar-refractivity contribution is -0.706. The van der Waals surface area contributed by atoms with E-state index in [1.54, 1.807) is 24.5 Å². The highest BCUT2D eigenvalue weighted by atomic mass is 16.7. The second-order valence-corrected chi connectivity index (χ2v) is 6.44. The summed E-state index contributed by atoms with van der Waals surface area (Å²) in [7, 11) is 0. The molecule has 1 aromatic heterocycles. The first-order chi connectivity index (χ1) is 13.2. The van der Waals surface area contributed by atoms with Gasteiger partial charge in [0.15, 0.2) is 29.3 Å². The fourth-order valence-corrected chi connectivity index (χ4v) is 3.11. The molecule has 2 atom stereocenters. The molecule has 1 amide bonds. The molecule has 0 fully saturated rings. The third-order valence-corrected chi connectivity index (χ3v) is 4.54. The third kappa shape index (κ3) is 3.80. The maximum absolute atomic E-state index is 12.7. The second-order valence-electron chi connectivity index (χ2n) is 6.44. The Kier molecular flexibility index (Phi) is 4.80. The van der Waals surface area contributed by atoms with Crippen LogP contribution in [0.2, 0.25) is 0 Å². The Morgan fingerprint density at radius 1 is 1.04 bits per heavy atom. The van der Waals surface area contributed by atoms with Crippen molar-refractivity contribution in [2.75, 3.05) is 12.1 Å². The van der Waals surface area contributed by atoms with E-state index >= 15 is 0 Å². The molecule has 4 rings (SSSR count). The van der Waals surface area contributed by atoms with E-state index < -0.39 is 0 Å². The molecule has 2 heterocycles. The Balaban J connectivity index is 1.47. The molecule has 0 saturated carbocycles. The molecule has 6 nitrogen and oxygen atoms in total. The molecule has 0 radical (unpaired) electrons. The van der Waals surface area contributed by atoms with E-state index in [2.05, 4.69) is 5.32 Å². The Morgan fingerprint density at radius 3 is 2.63 bits per heavy atom. The summed E-state index contributed by atoms with van der Waals surface area (Å²) in [5.41, 5.74) is 1.76. The van der Waals surface area contributed by atoms with Crippen molar-refractivity contribution in [1.82, 2.24) is 0 Å². The quantitative estimate of drug-likeness (QED) is 0.704. The minimum absolute atomic E-state index is 0.0960. The number of nitrogens with two attached hydrogens (primary N) is 1. The molecule has 0 bridgehead atoms. The van der Waals surface area contributed by atoms with E-state index in [-0.39, 0.29) is 24.8 Å². The third-order valence-electron chi connectivity index (χ3n) is 4.54. The van der Waals surface area contributed by atoms with Gasteiger partial charge in [0.05, 0.1) is 6.26 Å². The molecule has 1 aliphatic rings. The zero-order chi connectivity index (χ0) is 18.6. The number of ether oxygens (including phenoxy) is 2. The molecule has 6 heteroatoms. The summed E-state index contributed by atoms with van der Waals surface area (Å²) in [6.07, 6.45) is 1.65. The van der Waals surface area contributed by atoms with Crippen LogP contribution >= 0.6 is 0 Å². The lowest BCUT2D eigenvalue weighted by Crippen LogP contribution is -2.92. The first kappa shape index (κ1) is 17.2. The highest BCUT2D eigenvalue weighted by Crippen LogP contribution is 2.34. The molecule has 1 aliphatic heterocycles. The van der Waals surface area contributed by atoms with Crippen LogP contribution < -0.4 is 20.1 Å². The van der Waals surface area contributed by atoms with E-state index in [4.69, 9.17) is 13.9 Å². The van der Waals surface area contributed by atoms with Crippen LogP contribution in [0.15, 0.2) is 71.3 Å². The molecular formula is C21H21N2O4+. The number of amides is 1. The van der Waals surface area contributed by atoms with Gasteiger partial charge in [-0.25, -0.2) is 0 Å². The zero-order valence-electron chi connectivity index (χ0n) is 14.9. The molecule has 0 unspecified atom stereocenters. The summed E-state index contributed by atoms with van der Waals surface area (Å²) < 4.78 is 16.3. The van der Waals surface area contributed by atoms with Crippen molar-refractivity contribution >= 4 is 11.6 Å². The van der Waals surface area contributed by atoms with Crippen LogP contribution in [-0.4, -0.2) is 18.7 Å². The van der Waals surface area contributed by atoms with Gasteiger partial charge in [-0.05, 0) is 31.2 Å². The lowest BCUT2D eigenvalue weighted by Gasteiger charge is -2.18. The Hall–Kier alpha value is -3.25. The van der Waals surface area contributed by atoms with Crippen LogP contribution in [0.5, 0.6) is 11.5 Å². The summed E-state index contributed by atoms with van der Waals surface area (Å²) >= 11 is 0. The average Bonchev–Trinajstić information content (AvgIpc) is 3.38. The normalized spacial score (nSPS) is 14.6. The van der Waals surface area contributed by atoms with E-state index in [1.165, 1.54) is 0 Å². The van der Waals surface area contributed by atoms with Crippen molar-refractivity contribution < 1.29 is 24.0 Å². The number of carbonyl (C=O) groups is 1. The topological polar surface area (TPSA) is 77.3 Å². The van der Waals surface area contributed by atoms with Crippen molar-refractivity contribution in [2.24, 2.45) is 0 Å². The predicted octanol–water partition coefficient (Wildman–Crippen LogP) is 2.69. The molecule has 138 valence electrons. The van der Waals surface area contributed by atoms with Crippen molar-refractivity contribution in [1.29, 1.82) is 0 Å². The fourth-order valence-electron chi connectivity index (χ4n) is 3.11. The van der Waals surface area contributed by atoms with Crippen LogP contribution in [0.3, 0.4) is 0 Å². The van der Waals surface area contributed by atoms with Crippen molar-refractivity contribution in [3.8, 4) is 11.5 Å². The molecule has 0 spiro atoms. The minimum Gasteiger partial charge on any atom is -0.463 e. The van der Waals surface area contributed by atoms with Crippen LogP contribution in [0.4, 0.5) is 5.69 Å². The average molecular weight is 365 g/mol. The summed E-state index contributed by atoms with van der Waals surface area (Å²) in [6, 6.07) is 18.7. The van der Waals surface area contributed by atoms with Gasteiger partial charge in [-0.2, -0.15) is 0 Å². The number of carbonyl (C=O) groups excluding carboxylic acids is 1. The number of nitrogens with one attached hydrogen (secondary N) is 1. The van der Waals surface area contributed by atoms with Gasteiger partial charge in [0, 0.05) is 17.3 Å². The van der Waals surface area contributed by atoms with E-state index in [0.29, 0.717) is 17.2 Å². The second kappa shape index (κ2) is 7.55. The van der Waals surface area contributed by atoms with E-state index in [1.807, 2.05) is 54.7 Å². The van der Waals surface area contributed by atoms with Crippen molar-refractivity contribution in [3.63, 3.8) is 0 Å². The highest BCUT2D eigenvalue weighted by Gasteiger charge is 2.27. The van der Waals surface area contributed by atoms with Gasteiger partial charge in [0.1, 0.15) is 0 Å². The monoisotopic (exact) mass is 365 g/mol. The van der Waals surface area contributed by atoms with Gasteiger partial charge in [0.25, 0.3) is 5.91 Å². The first-order valence-corrected chi connectivity index (χ1v) is 8.84. The Labute approximate surface area is 157 Å². The number of anilines is 1. The largest absolute Gasteiger partial charge is 0.463 e. The SMILES string of the molecule is C[C@H]([NH2+][C@H](c1ccccc1)c1ccco1)C(=O)Nc1ccc2c(c1)OCO2. The minimum atomic E-state index is -0.328. The van der Waals surface area contributed by atoms with Crippen LogP contribution in [0, 0.1) is 0 Å². The number of hydrogen-bond acceptors (Lipinski definition) is 4. The predicted molar refractivity (Wildman–Crippen MR) is 99.6 cm³/mol. The Bertz CT molecular complexity index is 909. The molecule has 3 aromatic rings. The Morgan fingerprint density at radius 2 is 1.85 bits per heavy atom. The molecule has 0 aliphatic carbocycles. The van der Waals surface area contributed by atoms with E-state index in [0.717, 1.165) is 11.3 Å². The molecule has 27 heavy (non-hydrogen) atoms. The number of benzene rings is 2. The smallest absolute Gasteiger partial charge is 0.282 e. The molecule has 2 aromatic carbocycles. The van der Waals surface area contributed by atoms with Gasteiger partial charge in [0.2, 0.25) is 6.79 Å². The van der Waals surface area contributed by atoms with Gasteiger partial charge >= 0.3 is 0 Å². The van der Waals surface area contributed by atoms with Crippen LogP contribution in [0.1, 0.15) is 24.3 Å². The molecular weight excluding hydrogens is 344 g/mol. The maximum Gasteiger partial charge on any atom is 0.282 e.